The number of rotatable bonds is 6. The zero-order valence-corrected chi connectivity index (χ0v) is 14.3. The van der Waals surface area contributed by atoms with Gasteiger partial charge in [-0.3, -0.25) is 0 Å². The Morgan fingerprint density at radius 3 is 2.43 bits per heavy atom. The quantitative estimate of drug-likeness (QED) is 0.616. The number of aliphatic imine (C=N–C) groups is 1. The Hall–Kier alpha value is -1.35. The predicted octanol–water partition coefficient (Wildman–Crippen LogP) is 4.55. The fourth-order valence-corrected chi connectivity index (χ4v) is 2.21. The Kier molecular flexibility index (Phi) is 6.41. The molecule has 0 radical (unpaired) electrons. The van der Waals surface area contributed by atoms with Crippen LogP contribution in [0.2, 0.25) is 0 Å². The van der Waals surface area contributed by atoms with Crippen molar-refractivity contribution in [2.24, 2.45) is 10.4 Å². The molecule has 0 fully saturated rings. The fraction of sp³-hybridized carbons (Fsp3) is 0.611. The van der Waals surface area contributed by atoms with E-state index in [-0.39, 0.29) is 5.41 Å². The highest BCUT2D eigenvalue weighted by molar-refractivity contribution is 5.82. The smallest absolute Gasteiger partial charge is 0.101 e. The Labute approximate surface area is 129 Å². The van der Waals surface area contributed by atoms with Gasteiger partial charge in [-0.25, -0.2) is 4.99 Å². The van der Waals surface area contributed by atoms with Crippen molar-refractivity contribution in [3.8, 4) is 0 Å². The summed E-state index contributed by atoms with van der Waals surface area (Å²) in [7, 11) is 3.96. The van der Waals surface area contributed by atoms with E-state index in [4.69, 9.17) is 0 Å². The number of benzene rings is 1. The molecule has 1 atom stereocenters. The highest BCUT2D eigenvalue weighted by atomic mass is 16.3. The molecule has 118 valence electrons. The first-order valence-electron chi connectivity index (χ1n) is 7.82. The highest BCUT2D eigenvalue weighted by Gasteiger charge is 2.24. The minimum atomic E-state index is -0.426. The third kappa shape index (κ3) is 5.16. The molecule has 3 nitrogen and oxygen atoms in total. The van der Waals surface area contributed by atoms with E-state index in [1.54, 1.807) is 0 Å². The van der Waals surface area contributed by atoms with E-state index in [0.717, 1.165) is 36.3 Å². The van der Waals surface area contributed by atoms with Gasteiger partial charge in [0.25, 0.3) is 0 Å². The summed E-state index contributed by atoms with van der Waals surface area (Å²) in [6, 6.07) is 7.92. The van der Waals surface area contributed by atoms with Crippen LogP contribution >= 0.6 is 0 Å². The molecule has 1 N–H and O–H groups in total. The van der Waals surface area contributed by atoms with Crippen LogP contribution in [0.15, 0.2) is 29.3 Å². The third-order valence-corrected chi connectivity index (χ3v) is 4.59. The van der Waals surface area contributed by atoms with Gasteiger partial charge in [-0.2, -0.15) is 0 Å². The van der Waals surface area contributed by atoms with Crippen molar-refractivity contribution >= 4 is 11.5 Å². The maximum Gasteiger partial charge on any atom is 0.101 e. The Morgan fingerprint density at radius 1 is 1.29 bits per heavy atom. The summed E-state index contributed by atoms with van der Waals surface area (Å²) in [6.07, 6.45) is 2.53. The van der Waals surface area contributed by atoms with Crippen LogP contribution in [-0.4, -0.2) is 29.9 Å². The summed E-state index contributed by atoms with van der Waals surface area (Å²) < 4.78 is 0. The monoisotopic (exact) mass is 290 g/mol. The van der Waals surface area contributed by atoms with Crippen molar-refractivity contribution in [3.63, 3.8) is 0 Å². The highest BCUT2D eigenvalue weighted by Crippen LogP contribution is 2.36. The number of aliphatic hydroxyl groups is 1. The lowest BCUT2D eigenvalue weighted by Crippen LogP contribution is -2.18. The van der Waals surface area contributed by atoms with Crippen LogP contribution in [0, 0.1) is 5.41 Å². The Morgan fingerprint density at radius 2 is 1.90 bits per heavy atom. The number of hydrogen-bond donors (Lipinski definition) is 1. The molecule has 0 aliphatic carbocycles. The molecule has 0 aromatic heterocycles. The molecule has 1 rings (SSSR count). The van der Waals surface area contributed by atoms with Crippen LogP contribution in [0.1, 0.15) is 58.6 Å². The first-order valence-corrected chi connectivity index (χ1v) is 7.82. The van der Waals surface area contributed by atoms with Gasteiger partial charge in [0.2, 0.25) is 0 Å². The van der Waals surface area contributed by atoms with Gasteiger partial charge >= 0.3 is 0 Å². The van der Waals surface area contributed by atoms with Crippen LogP contribution < -0.4 is 0 Å². The van der Waals surface area contributed by atoms with E-state index < -0.39 is 6.10 Å². The molecular weight excluding hydrogens is 260 g/mol. The van der Waals surface area contributed by atoms with Crippen molar-refractivity contribution in [3.05, 3.63) is 29.8 Å². The van der Waals surface area contributed by atoms with E-state index in [2.05, 4.69) is 25.8 Å². The lowest BCUT2D eigenvalue weighted by atomic mass is 9.78. The number of aliphatic hydroxyl groups excluding tert-OH is 1. The maximum atomic E-state index is 10.5. The van der Waals surface area contributed by atoms with Gasteiger partial charge in [-0.15, -0.1) is 0 Å². The standard InChI is InChI=1S/C18H30N2O/c1-7-18(4,8-2)13-17(21)15-10-9-11-16(12-15)19-14(3)20(5)6/h9-12,17,21H,7-8,13H2,1-6H3. The van der Waals surface area contributed by atoms with Crippen molar-refractivity contribution < 1.29 is 5.11 Å². The van der Waals surface area contributed by atoms with Gasteiger partial charge in [-0.1, -0.05) is 45.7 Å². The molecule has 0 amide bonds. The summed E-state index contributed by atoms with van der Waals surface area (Å²) in [5.41, 5.74) is 2.04. The molecule has 0 bridgehead atoms. The second kappa shape index (κ2) is 7.60. The minimum absolute atomic E-state index is 0.193. The number of hydrogen-bond acceptors (Lipinski definition) is 2. The van der Waals surface area contributed by atoms with E-state index in [1.165, 1.54) is 0 Å². The van der Waals surface area contributed by atoms with Crippen molar-refractivity contribution in [2.45, 2.75) is 53.1 Å². The van der Waals surface area contributed by atoms with Crippen LogP contribution in [0.25, 0.3) is 0 Å². The molecule has 0 saturated heterocycles. The molecule has 0 aliphatic rings. The molecular formula is C18H30N2O. The average Bonchev–Trinajstić information content (AvgIpc) is 2.47. The van der Waals surface area contributed by atoms with E-state index in [1.807, 2.05) is 50.2 Å². The van der Waals surface area contributed by atoms with E-state index in [0.29, 0.717) is 0 Å². The van der Waals surface area contributed by atoms with E-state index >= 15 is 0 Å². The third-order valence-electron chi connectivity index (χ3n) is 4.59. The molecule has 1 aromatic rings. The first-order chi connectivity index (χ1) is 9.81. The second-order valence-electron chi connectivity index (χ2n) is 6.39. The number of nitrogens with zero attached hydrogens (tertiary/aromatic N) is 2. The van der Waals surface area contributed by atoms with Crippen LogP contribution in [-0.2, 0) is 0 Å². The molecule has 3 heteroatoms. The Bertz CT molecular complexity index is 476. The van der Waals surface area contributed by atoms with Crippen molar-refractivity contribution in [1.29, 1.82) is 0 Å². The normalized spacial score (nSPS) is 14.1. The molecule has 1 unspecified atom stereocenters. The van der Waals surface area contributed by atoms with Crippen LogP contribution in [0.4, 0.5) is 5.69 Å². The van der Waals surface area contributed by atoms with Crippen LogP contribution in [0.5, 0.6) is 0 Å². The predicted molar refractivity (Wildman–Crippen MR) is 91.2 cm³/mol. The minimum Gasteiger partial charge on any atom is -0.388 e. The summed E-state index contributed by atoms with van der Waals surface area (Å²) in [6.45, 7) is 8.61. The fourth-order valence-electron chi connectivity index (χ4n) is 2.21. The van der Waals surface area contributed by atoms with E-state index in [9.17, 15) is 5.11 Å². The first kappa shape index (κ1) is 17.7. The molecule has 0 heterocycles. The largest absolute Gasteiger partial charge is 0.388 e. The zero-order chi connectivity index (χ0) is 16.0. The topological polar surface area (TPSA) is 35.8 Å². The maximum absolute atomic E-state index is 10.5. The summed E-state index contributed by atoms with van der Waals surface area (Å²) >= 11 is 0. The van der Waals surface area contributed by atoms with Crippen molar-refractivity contribution in [1.82, 2.24) is 4.90 Å². The van der Waals surface area contributed by atoms with Gasteiger partial charge in [0.1, 0.15) is 5.84 Å². The zero-order valence-electron chi connectivity index (χ0n) is 14.3. The summed E-state index contributed by atoms with van der Waals surface area (Å²) in [5, 5.41) is 10.5. The second-order valence-corrected chi connectivity index (χ2v) is 6.39. The SMILES string of the molecule is CCC(C)(CC)CC(O)c1cccc(N=C(C)N(C)C)c1. The lowest BCUT2D eigenvalue weighted by molar-refractivity contribution is 0.101. The molecule has 21 heavy (non-hydrogen) atoms. The molecule has 0 spiro atoms. The molecule has 1 aromatic carbocycles. The Balaban J connectivity index is 2.92. The summed E-state index contributed by atoms with van der Waals surface area (Å²) in [4.78, 5) is 6.55. The molecule has 0 saturated carbocycles. The molecule has 0 aliphatic heterocycles. The average molecular weight is 290 g/mol. The van der Waals surface area contributed by atoms with Gasteiger partial charge in [0.05, 0.1) is 11.8 Å². The van der Waals surface area contributed by atoms with Crippen LogP contribution in [0.3, 0.4) is 0 Å². The van der Waals surface area contributed by atoms with Gasteiger partial charge in [-0.05, 0) is 36.5 Å². The lowest BCUT2D eigenvalue weighted by Gasteiger charge is -2.29. The van der Waals surface area contributed by atoms with Crippen molar-refractivity contribution in [2.75, 3.05) is 14.1 Å². The number of amidine groups is 1. The van der Waals surface area contributed by atoms with Gasteiger partial charge < -0.3 is 10.0 Å². The van der Waals surface area contributed by atoms with Gasteiger partial charge in [0.15, 0.2) is 0 Å². The summed E-state index contributed by atoms with van der Waals surface area (Å²) in [5.74, 6) is 0.952. The van der Waals surface area contributed by atoms with Gasteiger partial charge in [0, 0.05) is 14.1 Å².